The van der Waals surface area contributed by atoms with E-state index in [0.29, 0.717) is 11.3 Å². The van der Waals surface area contributed by atoms with E-state index < -0.39 is 0 Å². The van der Waals surface area contributed by atoms with E-state index in [2.05, 4.69) is 51.4 Å². The number of rotatable bonds is 4. The zero-order valence-corrected chi connectivity index (χ0v) is 16.2. The standard InChI is InChI=1S/C23H24N4O/c1-16-8-10-18(11-9-16)21-15-27(14-13-25-21)22-7-3-6-20(26-22)23(28)19-5-4-12-24-17(19)2/h3-12,21,25H,13-15H2,1-2H3. The maximum atomic E-state index is 12.9. The van der Waals surface area contributed by atoms with Crippen molar-refractivity contribution in [2.24, 2.45) is 0 Å². The number of anilines is 1. The van der Waals surface area contributed by atoms with Gasteiger partial charge in [0.15, 0.2) is 0 Å². The Labute approximate surface area is 165 Å². The molecule has 1 atom stereocenters. The number of carbonyl (C=O) groups excluding carboxylic acids is 1. The van der Waals surface area contributed by atoms with Crippen LogP contribution in [0.3, 0.4) is 0 Å². The quantitative estimate of drug-likeness (QED) is 0.711. The van der Waals surface area contributed by atoms with E-state index in [9.17, 15) is 4.79 Å². The molecule has 1 saturated heterocycles. The van der Waals surface area contributed by atoms with Crippen LogP contribution in [0.25, 0.3) is 0 Å². The van der Waals surface area contributed by atoms with Crippen molar-refractivity contribution < 1.29 is 4.79 Å². The highest BCUT2D eigenvalue weighted by atomic mass is 16.1. The second-order valence-corrected chi connectivity index (χ2v) is 7.21. The Balaban J connectivity index is 1.56. The molecule has 1 aromatic carbocycles. The number of hydrogen-bond acceptors (Lipinski definition) is 5. The fourth-order valence-corrected chi connectivity index (χ4v) is 3.57. The van der Waals surface area contributed by atoms with Crippen molar-refractivity contribution in [2.75, 3.05) is 24.5 Å². The number of hydrogen-bond donors (Lipinski definition) is 1. The van der Waals surface area contributed by atoms with Crippen LogP contribution in [0, 0.1) is 13.8 Å². The Hall–Kier alpha value is -3.05. The number of aryl methyl sites for hydroxylation is 2. The number of carbonyl (C=O) groups is 1. The maximum absolute atomic E-state index is 12.9. The van der Waals surface area contributed by atoms with Crippen molar-refractivity contribution in [1.82, 2.24) is 15.3 Å². The predicted molar refractivity (Wildman–Crippen MR) is 111 cm³/mol. The molecular formula is C23H24N4O. The lowest BCUT2D eigenvalue weighted by atomic mass is 10.0. The molecule has 3 heterocycles. The Morgan fingerprint density at radius 3 is 2.68 bits per heavy atom. The van der Waals surface area contributed by atoms with E-state index in [4.69, 9.17) is 0 Å². The lowest BCUT2D eigenvalue weighted by molar-refractivity contribution is 0.103. The van der Waals surface area contributed by atoms with Gasteiger partial charge >= 0.3 is 0 Å². The summed E-state index contributed by atoms with van der Waals surface area (Å²) in [4.78, 5) is 24.0. The molecule has 1 unspecified atom stereocenters. The molecule has 3 aromatic rings. The minimum atomic E-state index is -0.0855. The van der Waals surface area contributed by atoms with Crippen molar-refractivity contribution in [3.05, 3.63) is 88.9 Å². The van der Waals surface area contributed by atoms with Crippen molar-refractivity contribution in [2.45, 2.75) is 19.9 Å². The molecule has 0 radical (unpaired) electrons. The fourth-order valence-electron chi connectivity index (χ4n) is 3.57. The molecule has 0 spiro atoms. The molecule has 1 fully saturated rings. The first kappa shape index (κ1) is 18.3. The minimum absolute atomic E-state index is 0.0855. The van der Waals surface area contributed by atoms with Crippen LogP contribution in [0.5, 0.6) is 0 Å². The van der Waals surface area contributed by atoms with E-state index in [1.807, 2.05) is 19.1 Å². The number of benzene rings is 1. The van der Waals surface area contributed by atoms with Crippen LogP contribution in [0.4, 0.5) is 5.82 Å². The average Bonchev–Trinajstić information content (AvgIpc) is 2.74. The second-order valence-electron chi connectivity index (χ2n) is 7.21. The molecule has 142 valence electrons. The SMILES string of the molecule is Cc1ccc(C2CN(c3cccc(C(=O)c4cccnc4C)n3)CCN2)cc1. The van der Waals surface area contributed by atoms with Gasteiger partial charge in [-0.05, 0) is 43.7 Å². The van der Waals surface area contributed by atoms with E-state index in [1.165, 1.54) is 11.1 Å². The minimum Gasteiger partial charge on any atom is -0.353 e. The highest BCUT2D eigenvalue weighted by molar-refractivity contribution is 6.08. The molecule has 0 bridgehead atoms. The van der Waals surface area contributed by atoms with Gasteiger partial charge in [0.1, 0.15) is 11.5 Å². The predicted octanol–water partition coefficient (Wildman–Crippen LogP) is 3.48. The largest absolute Gasteiger partial charge is 0.353 e. The molecule has 5 nitrogen and oxygen atoms in total. The summed E-state index contributed by atoms with van der Waals surface area (Å²) in [5.74, 6) is 0.753. The number of ketones is 1. The molecule has 4 rings (SSSR count). The first-order valence-corrected chi connectivity index (χ1v) is 9.60. The van der Waals surface area contributed by atoms with Crippen LogP contribution in [0.1, 0.15) is 38.9 Å². The summed E-state index contributed by atoms with van der Waals surface area (Å²) in [7, 11) is 0. The van der Waals surface area contributed by atoms with Crippen molar-refractivity contribution in [3.8, 4) is 0 Å². The summed E-state index contributed by atoms with van der Waals surface area (Å²) in [6.45, 7) is 6.50. The van der Waals surface area contributed by atoms with Gasteiger partial charge in [0.2, 0.25) is 5.78 Å². The Kier molecular flexibility index (Phi) is 5.17. The van der Waals surface area contributed by atoms with Gasteiger partial charge in [-0.1, -0.05) is 35.9 Å². The molecule has 0 saturated carbocycles. The summed E-state index contributed by atoms with van der Waals surface area (Å²) in [5.41, 5.74) is 4.31. The van der Waals surface area contributed by atoms with Crippen LogP contribution in [0.2, 0.25) is 0 Å². The zero-order valence-electron chi connectivity index (χ0n) is 16.2. The molecule has 0 amide bonds. The Morgan fingerprint density at radius 2 is 1.89 bits per heavy atom. The number of piperazine rings is 1. The van der Waals surface area contributed by atoms with Gasteiger partial charge in [-0.25, -0.2) is 4.98 Å². The third-order valence-corrected chi connectivity index (χ3v) is 5.20. The monoisotopic (exact) mass is 372 g/mol. The summed E-state index contributed by atoms with van der Waals surface area (Å²) in [6, 6.07) is 18.1. The first-order chi connectivity index (χ1) is 13.6. The number of nitrogens with one attached hydrogen (secondary N) is 1. The highest BCUT2D eigenvalue weighted by Crippen LogP contribution is 2.22. The molecule has 5 heteroatoms. The summed E-state index contributed by atoms with van der Waals surface area (Å²) < 4.78 is 0. The van der Waals surface area contributed by atoms with Crippen molar-refractivity contribution >= 4 is 11.6 Å². The molecule has 1 N–H and O–H groups in total. The van der Waals surface area contributed by atoms with Crippen LogP contribution in [0.15, 0.2) is 60.8 Å². The first-order valence-electron chi connectivity index (χ1n) is 9.60. The van der Waals surface area contributed by atoms with E-state index in [1.54, 1.807) is 24.4 Å². The Morgan fingerprint density at radius 1 is 1.07 bits per heavy atom. The van der Waals surface area contributed by atoms with Crippen LogP contribution in [-0.4, -0.2) is 35.4 Å². The summed E-state index contributed by atoms with van der Waals surface area (Å²) in [5, 5.41) is 3.58. The molecular weight excluding hydrogens is 348 g/mol. The number of pyridine rings is 2. The van der Waals surface area contributed by atoms with E-state index >= 15 is 0 Å². The maximum Gasteiger partial charge on any atom is 0.213 e. The van der Waals surface area contributed by atoms with Crippen LogP contribution in [-0.2, 0) is 0 Å². The van der Waals surface area contributed by atoms with Gasteiger partial charge in [-0.15, -0.1) is 0 Å². The van der Waals surface area contributed by atoms with Crippen LogP contribution < -0.4 is 10.2 Å². The number of aromatic nitrogens is 2. The van der Waals surface area contributed by atoms with E-state index in [0.717, 1.165) is 31.1 Å². The van der Waals surface area contributed by atoms with Gasteiger partial charge in [-0.2, -0.15) is 0 Å². The average molecular weight is 372 g/mol. The molecule has 28 heavy (non-hydrogen) atoms. The second kappa shape index (κ2) is 7.90. The van der Waals surface area contributed by atoms with Gasteiger partial charge in [0.25, 0.3) is 0 Å². The molecule has 1 aliphatic rings. The highest BCUT2D eigenvalue weighted by Gasteiger charge is 2.23. The summed E-state index contributed by atoms with van der Waals surface area (Å²) >= 11 is 0. The third-order valence-electron chi connectivity index (χ3n) is 5.20. The van der Waals surface area contributed by atoms with Gasteiger partial charge in [-0.3, -0.25) is 9.78 Å². The van der Waals surface area contributed by atoms with Crippen molar-refractivity contribution in [3.63, 3.8) is 0 Å². The van der Waals surface area contributed by atoms with Gasteiger partial charge in [0, 0.05) is 43.1 Å². The normalized spacial score (nSPS) is 16.8. The van der Waals surface area contributed by atoms with Gasteiger partial charge in [0.05, 0.1) is 0 Å². The lowest BCUT2D eigenvalue weighted by Crippen LogP contribution is -2.46. The van der Waals surface area contributed by atoms with Gasteiger partial charge < -0.3 is 10.2 Å². The molecule has 0 aliphatic carbocycles. The zero-order chi connectivity index (χ0) is 19.5. The lowest BCUT2D eigenvalue weighted by Gasteiger charge is -2.35. The van der Waals surface area contributed by atoms with Crippen LogP contribution >= 0.6 is 0 Å². The topological polar surface area (TPSA) is 58.1 Å². The third kappa shape index (κ3) is 3.80. The van der Waals surface area contributed by atoms with E-state index in [-0.39, 0.29) is 11.8 Å². The Bertz CT molecular complexity index is 984. The molecule has 1 aliphatic heterocycles. The summed E-state index contributed by atoms with van der Waals surface area (Å²) in [6.07, 6.45) is 1.70. The number of nitrogens with zero attached hydrogens (tertiary/aromatic N) is 3. The molecule has 2 aromatic heterocycles. The smallest absolute Gasteiger partial charge is 0.213 e. The fraction of sp³-hybridized carbons (Fsp3) is 0.261. The van der Waals surface area contributed by atoms with Crippen molar-refractivity contribution in [1.29, 1.82) is 0 Å².